The third kappa shape index (κ3) is 7.84. The van der Waals surface area contributed by atoms with Crippen LogP contribution in [0.3, 0.4) is 0 Å². The number of rotatable bonds is 7. The van der Waals surface area contributed by atoms with Crippen LogP contribution in [-0.2, 0) is 10.8 Å². The van der Waals surface area contributed by atoms with Crippen molar-refractivity contribution in [2.45, 2.75) is 0 Å². The van der Waals surface area contributed by atoms with Crippen LogP contribution in [0.25, 0.3) is 0 Å². The van der Waals surface area contributed by atoms with Crippen LogP contribution < -0.4 is 15.4 Å². The molecule has 1 aromatic rings. The molecule has 0 aromatic heterocycles. The van der Waals surface area contributed by atoms with Crippen molar-refractivity contribution in [2.24, 2.45) is 0 Å². The van der Waals surface area contributed by atoms with Gasteiger partial charge < -0.3 is 15.4 Å². The highest BCUT2D eigenvalue weighted by Crippen LogP contribution is 2.15. The van der Waals surface area contributed by atoms with Gasteiger partial charge in [0, 0.05) is 33.8 Å². The third-order valence-electron chi connectivity index (χ3n) is 2.15. The monoisotopic (exact) mass is 348 g/mol. The number of halogens is 1. The molecule has 1 rings (SSSR count). The van der Waals surface area contributed by atoms with Gasteiger partial charge in [-0.1, -0.05) is 15.9 Å². The first-order valence-electron chi connectivity index (χ1n) is 5.78. The first-order chi connectivity index (χ1) is 9.08. The van der Waals surface area contributed by atoms with Gasteiger partial charge in [0.15, 0.2) is 0 Å². The van der Waals surface area contributed by atoms with Gasteiger partial charge in [0.25, 0.3) is 0 Å². The summed E-state index contributed by atoms with van der Waals surface area (Å²) in [5.74, 6) is 1.22. The van der Waals surface area contributed by atoms with Gasteiger partial charge in [0.1, 0.15) is 12.4 Å². The molecule has 0 spiro atoms. The summed E-state index contributed by atoms with van der Waals surface area (Å²) in [7, 11) is -0.887. The molecule has 0 aliphatic rings. The fourth-order valence-corrected chi connectivity index (χ4v) is 1.89. The Morgan fingerprint density at radius 3 is 2.53 bits per heavy atom. The van der Waals surface area contributed by atoms with Gasteiger partial charge in [-0.15, -0.1) is 0 Å². The highest BCUT2D eigenvalue weighted by atomic mass is 79.9. The Balaban J connectivity index is 2.08. The number of ether oxygens (including phenoxy) is 1. The zero-order valence-corrected chi connectivity index (χ0v) is 13.1. The van der Waals surface area contributed by atoms with E-state index in [1.807, 2.05) is 24.3 Å². The van der Waals surface area contributed by atoms with Crippen molar-refractivity contribution in [1.29, 1.82) is 0 Å². The summed E-state index contributed by atoms with van der Waals surface area (Å²) < 4.78 is 17.2. The van der Waals surface area contributed by atoms with Crippen molar-refractivity contribution in [3.8, 4) is 5.75 Å². The van der Waals surface area contributed by atoms with E-state index in [2.05, 4.69) is 26.6 Å². The van der Waals surface area contributed by atoms with E-state index < -0.39 is 10.8 Å². The summed E-state index contributed by atoms with van der Waals surface area (Å²) in [6, 6.07) is 7.20. The molecule has 1 unspecified atom stereocenters. The minimum absolute atomic E-state index is 0.273. The van der Waals surface area contributed by atoms with Crippen molar-refractivity contribution < 1.29 is 13.7 Å². The molecule has 0 aliphatic heterocycles. The van der Waals surface area contributed by atoms with Crippen molar-refractivity contribution in [2.75, 3.05) is 31.7 Å². The van der Waals surface area contributed by atoms with Gasteiger partial charge in [0.05, 0.1) is 6.54 Å². The molecule has 2 N–H and O–H groups in total. The Morgan fingerprint density at radius 1 is 1.26 bits per heavy atom. The molecule has 0 bridgehead atoms. The average Bonchev–Trinajstić information content (AvgIpc) is 2.36. The van der Waals surface area contributed by atoms with E-state index >= 15 is 0 Å². The maximum Gasteiger partial charge on any atom is 0.314 e. The summed E-state index contributed by atoms with van der Waals surface area (Å²) >= 11 is 3.34. The van der Waals surface area contributed by atoms with Crippen molar-refractivity contribution in [1.82, 2.24) is 10.6 Å². The predicted molar refractivity (Wildman–Crippen MR) is 80.0 cm³/mol. The van der Waals surface area contributed by atoms with Crippen molar-refractivity contribution in [3.63, 3.8) is 0 Å². The fourth-order valence-electron chi connectivity index (χ4n) is 1.24. The SMILES string of the molecule is CS(=O)CCNC(=O)NCCOc1ccc(Br)cc1. The van der Waals surface area contributed by atoms with Gasteiger partial charge in [0.2, 0.25) is 0 Å². The zero-order chi connectivity index (χ0) is 14.1. The lowest BCUT2D eigenvalue weighted by atomic mass is 10.3. The zero-order valence-electron chi connectivity index (χ0n) is 10.6. The highest BCUT2D eigenvalue weighted by Gasteiger charge is 2.00. The third-order valence-corrected chi connectivity index (χ3v) is 3.45. The van der Waals surface area contributed by atoms with E-state index in [1.165, 1.54) is 0 Å². The molecular formula is C12H17BrN2O3S. The normalized spacial score (nSPS) is 11.7. The number of carbonyl (C=O) groups excluding carboxylic acids is 1. The van der Waals surface area contributed by atoms with Crippen LogP contribution in [-0.4, -0.2) is 41.9 Å². The molecule has 0 saturated heterocycles. The molecule has 0 heterocycles. The summed E-state index contributed by atoms with van der Waals surface area (Å²) in [6.45, 7) is 1.22. The summed E-state index contributed by atoms with van der Waals surface area (Å²) in [4.78, 5) is 11.3. The smallest absolute Gasteiger partial charge is 0.314 e. The van der Waals surface area contributed by atoms with E-state index in [1.54, 1.807) is 6.26 Å². The van der Waals surface area contributed by atoms with E-state index in [4.69, 9.17) is 4.74 Å². The first kappa shape index (κ1) is 16.0. The summed E-state index contributed by atoms with van der Waals surface area (Å²) in [5.41, 5.74) is 0. The molecule has 1 atom stereocenters. The fraction of sp³-hybridized carbons (Fsp3) is 0.417. The van der Waals surface area contributed by atoms with Crippen LogP contribution >= 0.6 is 15.9 Å². The maximum absolute atomic E-state index is 11.3. The Labute approximate surface area is 123 Å². The predicted octanol–water partition coefficient (Wildman–Crippen LogP) is 1.51. The molecule has 0 radical (unpaired) electrons. The Kier molecular flexibility index (Phi) is 7.50. The second-order valence-electron chi connectivity index (χ2n) is 3.76. The largest absolute Gasteiger partial charge is 0.492 e. The number of hydrogen-bond acceptors (Lipinski definition) is 3. The van der Waals surface area contributed by atoms with E-state index in [0.717, 1.165) is 10.2 Å². The molecule has 7 heteroatoms. The summed E-state index contributed by atoms with van der Waals surface area (Å²) in [6.07, 6.45) is 1.60. The van der Waals surface area contributed by atoms with Crippen molar-refractivity contribution >= 4 is 32.8 Å². The molecule has 106 valence electrons. The van der Waals surface area contributed by atoms with Crippen molar-refractivity contribution in [3.05, 3.63) is 28.7 Å². The van der Waals surface area contributed by atoms with Crippen LogP contribution in [0.1, 0.15) is 0 Å². The number of amides is 2. The average molecular weight is 349 g/mol. The highest BCUT2D eigenvalue weighted by molar-refractivity contribution is 9.10. The first-order valence-corrected chi connectivity index (χ1v) is 8.30. The quantitative estimate of drug-likeness (QED) is 0.734. The van der Waals surface area contributed by atoms with Gasteiger partial charge in [-0.05, 0) is 24.3 Å². The second kappa shape index (κ2) is 8.92. The molecule has 2 amide bonds. The van der Waals surface area contributed by atoms with E-state index in [9.17, 15) is 9.00 Å². The minimum Gasteiger partial charge on any atom is -0.492 e. The number of urea groups is 1. The maximum atomic E-state index is 11.3. The minimum atomic E-state index is -0.887. The van der Waals surface area contributed by atoms with Crippen LogP contribution in [0.2, 0.25) is 0 Å². The topological polar surface area (TPSA) is 67.4 Å². The van der Waals surface area contributed by atoms with E-state index in [-0.39, 0.29) is 6.03 Å². The molecule has 0 fully saturated rings. The standard InChI is InChI=1S/C12H17BrN2O3S/c1-19(17)9-7-15-12(16)14-6-8-18-11-4-2-10(13)3-5-11/h2-5H,6-9H2,1H3,(H2,14,15,16). The van der Waals surface area contributed by atoms with Gasteiger partial charge >= 0.3 is 6.03 Å². The lowest BCUT2D eigenvalue weighted by Gasteiger charge is -2.08. The number of hydrogen-bond donors (Lipinski definition) is 2. The second-order valence-corrected chi connectivity index (χ2v) is 6.23. The molecule has 5 nitrogen and oxygen atoms in total. The van der Waals surface area contributed by atoms with Gasteiger partial charge in [-0.2, -0.15) is 0 Å². The van der Waals surface area contributed by atoms with Gasteiger partial charge in [-0.25, -0.2) is 4.79 Å². The Morgan fingerprint density at radius 2 is 1.89 bits per heavy atom. The van der Waals surface area contributed by atoms with Crippen LogP contribution in [0.4, 0.5) is 4.79 Å². The molecule has 19 heavy (non-hydrogen) atoms. The number of nitrogens with one attached hydrogen (secondary N) is 2. The van der Waals surface area contributed by atoms with E-state index in [0.29, 0.717) is 25.4 Å². The lowest BCUT2D eigenvalue weighted by Crippen LogP contribution is -2.39. The number of benzene rings is 1. The summed E-state index contributed by atoms with van der Waals surface area (Å²) in [5, 5.41) is 5.27. The van der Waals surface area contributed by atoms with Crippen LogP contribution in [0, 0.1) is 0 Å². The molecular weight excluding hydrogens is 332 g/mol. The molecule has 0 aliphatic carbocycles. The Hall–Kier alpha value is -1.08. The lowest BCUT2D eigenvalue weighted by molar-refractivity contribution is 0.237. The van der Waals surface area contributed by atoms with Gasteiger partial charge in [-0.3, -0.25) is 4.21 Å². The molecule has 1 aromatic carbocycles. The molecule has 0 saturated carbocycles. The van der Waals surface area contributed by atoms with Crippen LogP contribution in [0.15, 0.2) is 28.7 Å². The van der Waals surface area contributed by atoms with Crippen LogP contribution in [0.5, 0.6) is 5.75 Å². The number of carbonyl (C=O) groups is 1. The Bertz CT molecular complexity index is 425.